The molecule has 0 saturated carbocycles. The lowest BCUT2D eigenvalue weighted by atomic mass is 10.1. The van der Waals surface area contributed by atoms with Crippen LogP contribution in [0.25, 0.3) is 11.4 Å². The number of amides is 1. The Balaban J connectivity index is 1.39. The number of nitrogens with zero attached hydrogens (tertiary/aromatic N) is 4. The first kappa shape index (κ1) is 26.9. The molecule has 9 nitrogen and oxygen atoms in total. The van der Waals surface area contributed by atoms with Crippen LogP contribution < -0.4 is 15.4 Å². The van der Waals surface area contributed by atoms with E-state index >= 15 is 0 Å². The van der Waals surface area contributed by atoms with Crippen molar-refractivity contribution in [3.05, 3.63) is 71.8 Å². The number of rotatable bonds is 9. The van der Waals surface area contributed by atoms with E-state index in [-0.39, 0.29) is 22.6 Å². The van der Waals surface area contributed by atoms with Gasteiger partial charge in [0.25, 0.3) is 5.91 Å². The number of hydrogen-bond donors (Lipinski definition) is 2. The predicted octanol–water partition coefficient (Wildman–Crippen LogP) is 5.56. The minimum absolute atomic E-state index is 0.0302. The second-order valence-electron chi connectivity index (χ2n) is 7.90. The molecule has 0 bridgehead atoms. The number of aromatic nitrogens is 4. The zero-order valence-corrected chi connectivity index (χ0v) is 20.7. The zero-order valence-electron chi connectivity index (χ0n) is 19.9. The SMILES string of the molecule is COCC(C)Oc1cc(Nc2ccc(C(=O)Nc3nc(-c4ccc(F)c(C(F)(F)F)c4)ns3)cc2)ncn1. The van der Waals surface area contributed by atoms with Crippen molar-refractivity contribution in [2.24, 2.45) is 0 Å². The maximum absolute atomic E-state index is 13.6. The fourth-order valence-corrected chi connectivity index (χ4v) is 3.83. The number of ether oxygens (including phenoxy) is 2. The first-order chi connectivity index (χ1) is 18.1. The summed E-state index contributed by atoms with van der Waals surface area (Å²) >= 11 is 0.784. The van der Waals surface area contributed by atoms with Gasteiger partial charge in [-0.05, 0) is 49.4 Å². The molecule has 198 valence electrons. The summed E-state index contributed by atoms with van der Waals surface area (Å²) in [5, 5.41) is 5.71. The molecule has 2 heterocycles. The van der Waals surface area contributed by atoms with Gasteiger partial charge >= 0.3 is 6.18 Å². The third kappa shape index (κ3) is 6.77. The molecule has 1 unspecified atom stereocenters. The number of halogens is 4. The van der Waals surface area contributed by atoms with Crippen LogP contribution in [0.1, 0.15) is 22.8 Å². The lowest BCUT2D eigenvalue weighted by molar-refractivity contribution is -0.139. The van der Waals surface area contributed by atoms with E-state index in [9.17, 15) is 22.4 Å². The van der Waals surface area contributed by atoms with Crippen LogP contribution in [0.5, 0.6) is 5.88 Å². The van der Waals surface area contributed by atoms with Crippen molar-refractivity contribution >= 4 is 34.1 Å². The van der Waals surface area contributed by atoms with Gasteiger partial charge in [0, 0.05) is 41.5 Å². The summed E-state index contributed by atoms with van der Waals surface area (Å²) < 4.78 is 67.2. The lowest BCUT2D eigenvalue weighted by Gasteiger charge is -2.13. The third-order valence-corrected chi connectivity index (χ3v) is 5.59. The Labute approximate surface area is 218 Å². The molecule has 0 saturated heterocycles. The Morgan fingerprint density at radius 3 is 2.58 bits per heavy atom. The standard InChI is InChI=1S/C24H20F4N6O3S/c1-13(11-36-2)37-20-10-19(29-12-30-20)31-16-6-3-14(4-7-16)22(35)33-23-32-21(34-38-23)15-5-8-18(25)17(9-15)24(26,27)28/h3-10,12-13H,11H2,1-2H3,(H,29,30,31)(H,32,33,34,35). The summed E-state index contributed by atoms with van der Waals surface area (Å²) in [6, 6.07) is 10.5. The van der Waals surface area contributed by atoms with Crippen LogP contribution in [0.4, 0.5) is 34.2 Å². The molecule has 0 fully saturated rings. The number of carbonyl (C=O) groups is 1. The zero-order chi connectivity index (χ0) is 27.3. The van der Waals surface area contributed by atoms with E-state index in [0.717, 1.165) is 17.6 Å². The first-order valence-corrected chi connectivity index (χ1v) is 11.8. The van der Waals surface area contributed by atoms with Gasteiger partial charge in [-0.3, -0.25) is 10.1 Å². The monoisotopic (exact) mass is 548 g/mol. The van der Waals surface area contributed by atoms with Gasteiger partial charge < -0.3 is 14.8 Å². The number of methoxy groups -OCH3 is 1. The number of nitrogens with one attached hydrogen (secondary N) is 2. The molecule has 4 rings (SSSR count). The van der Waals surface area contributed by atoms with Crippen LogP contribution in [0.2, 0.25) is 0 Å². The van der Waals surface area contributed by atoms with Crippen LogP contribution in [-0.4, -0.2) is 45.1 Å². The molecule has 2 aromatic carbocycles. The minimum atomic E-state index is -4.86. The first-order valence-electron chi connectivity index (χ1n) is 11.0. The van der Waals surface area contributed by atoms with E-state index in [1.165, 1.54) is 6.33 Å². The molecule has 1 atom stereocenters. The quantitative estimate of drug-likeness (QED) is 0.262. The Morgan fingerprint density at radius 1 is 1.11 bits per heavy atom. The number of anilines is 3. The summed E-state index contributed by atoms with van der Waals surface area (Å²) in [5.41, 5.74) is -0.507. The molecule has 38 heavy (non-hydrogen) atoms. The van der Waals surface area contributed by atoms with E-state index in [1.807, 2.05) is 6.92 Å². The van der Waals surface area contributed by atoms with E-state index in [1.54, 1.807) is 37.4 Å². The third-order valence-electron chi connectivity index (χ3n) is 4.96. The molecule has 0 spiro atoms. The van der Waals surface area contributed by atoms with Gasteiger partial charge in [-0.25, -0.2) is 14.4 Å². The molecule has 2 N–H and O–H groups in total. The Kier molecular flexibility index (Phi) is 8.12. The molecule has 2 aromatic heterocycles. The number of benzene rings is 2. The van der Waals surface area contributed by atoms with Crippen molar-refractivity contribution in [3.8, 4) is 17.3 Å². The summed E-state index contributed by atoms with van der Waals surface area (Å²) in [5.74, 6) is -1.12. The highest BCUT2D eigenvalue weighted by Gasteiger charge is 2.34. The average Bonchev–Trinajstić information content (AvgIpc) is 3.33. The van der Waals surface area contributed by atoms with Crippen LogP contribution >= 0.6 is 11.5 Å². The maximum atomic E-state index is 13.6. The molecule has 14 heteroatoms. The van der Waals surface area contributed by atoms with E-state index in [4.69, 9.17) is 9.47 Å². The highest BCUT2D eigenvalue weighted by atomic mass is 32.1. The van der Waals surface area contributed by atoms with Crippen molar-refractivity contribution in [3.63, 3.8) is 0 Å². The molecule has 0 radical (unpaired) electrons. The lowest BCUT2D eigenvalue weighted by Crippen LogP contribution is -2.18. The summed E-state index contributed by atoms with van der Waals surface area (Å²) in [7, 11) is 1.58. The Hall–Kier alpha value is -4.17. The summed E-state index contributed by atoms with van der Waals surface area (Å²) in [6.45, 7) is 2.25. The fourth-order valence-electron chi connectivity index (χ4n) is 3.24. The smallest absolute Gasteiger partial charge is 0.419 e. The van der Waals surface area contributed by atoms with Gasteiger partial charge in [0.05, 0.1) is 12.2 Å². The molecule has 1 amide bonds. The van der Waals surface area contributed by atoms with Gasteiger partial charge in [-0.15, -0.1) is 0 Å². The molecule has 0 aliphatic carbocycles. The van der Waals surface area contributed by atoms with Crippen LogP contribution in [-0.2, 0) is 10.9 Å². The van der Waals surface area contributed by atoms with Crippen LogP contribution in [0.3, 0.4) is 0 Å². The van der Waals surface area contributed by atoms with Crippen LogP contribution in [0, 0.1) is 5.82 Å². The molecule has 4 aromatic rings. The number of hydrogen-bond acceptors (Lipinski definition) is 9. The van der Waals surface area contributed by atoms with Gasteiger partial charge in [-0.1, -0.05) is 0 Å². The minimum Gasteiger partial charge on any atom is -0.472 e. The highest BCUT2D eigenvalue weighted by molar-refractivity contribution is 7.10. The van der Waals surface area contributed by atoms with Crippen molar-refractivity contribution in [2.45, 2.75) is 19.2 Å². The van der Waals surface area contributed by atoms with Crippen molar-refractivity contribution in [2.75, 3.05) is 24.4 Å². The van der Waals surface area contributed by atoms with Gasteiger partial charge in [0.15, 0.2) is 5.82 Å². The average molecular weight is 549 g/mol. The number of carbonyl (C=O) groups excluding carboxylic acids is 1. The molecular weight excluding hydrogens is 528 g/mol. The molecular formula is C24H20F4N6O3S. The van der Waals surface area contributed by atoms with Crippen molar-refractivity contribution in [1.29, 1.82) is 0 Å². The normalized spacial score (nSPS) is 12.2. The van der Waals surface area contributed by atoms with E-state index in [0.29, 0.717) is 41.7 Å². The summed E-state index contributed by atoms with van der Waals surface area (Å²) in [4.78, 5) is 24.9. The van der Waals surface area contributed by atoms with Crippen LogP contribution in [0.15, 0.2) is 54.9 Å². The van der Waals surface area contributed by atoms with E-state index < -0.39 is 23.5 Å². The molecule has 0 aliphatic rings. The highest BCUT2D eigenvalue weighted by Crippen LogP contribution is 2.34. The predicted molar refractivity (Wildman–Crippen MR) is 132 cm³/mol. The number of alkyl halides is 3. The summed E-state index contributed by atoms with van der Waals surface area (Å²) in [6.07, 6.45) is -3.70. The van der Waals surface area contributed by atoms with Gasteiger partial charge in [0.1, 0.15) is 24.1 Å². The van der Waals surface area contributed by atoms with E-state index in [2.05, 4.69) is 30.0 Å². The van der Waals surface area contributed by atoms with Gasteiger partial charge in [-0.2, -0.15) is 22.5 Å². The topological polar surface area (TPSA) is 111 Å². The Morgan fingerprint density at radius 2 is 1.87 bits per heavy atom. The largest absolute Gasteiger partial charge is 0.472 e. The molecule has 0 aliphatic heterocycles. The van der Waals surface area contributed by atoms with Crippen molar-refractivity contribution in [1.82, 2.24) is 19.3 Å². The second-order valence-corrected chi connectivity index (χ2v) is 8.65. The fraction of sp³-hybridized carbons (Fsp3) is 0.208. The maximum Gasteiger partial charge on any atom is 0.419 e. The second kappa shape index (κ2) is 11.5. The Bertz CT molecular complexity index is 1420. The van der Waals surface area contributed by atoms with Gasteiger partial charge in [0.2, 0.25) is 11.0 Å². The van der Waals surface area contributed by atoms with Crippen molar-refractivity contribution < 1.29 is 31.8 Å².